The first kappa shape index (κ1) is 19.2. The average molecular weight is 422 g/mol. The first-order valence-electron chi connectivity index (χ1n) is 10.2. The minimum absolute atomic E-state index is 0.625. The van der Waals surface area contributed by atoms with E-state index in [2.05, 4.69) is 45.2 Å². The fraction of sp³-hybridized carbons (Fsp3) is 0.304. The van der Waals surface area contributed by atoms with Crippen LogP contribution in [-0.2, 0) is 6.54 Å². The number of anilines is 1. The van der Waals surface area contributed by atoms with Crippen molar-refractivity contribution in [3.63, 3.8) is 0 Å². The van der Waals surface area contributed by atoms with Crippen LogP contribution in [0.5, 0.6) is 5.75 Å². The Balaban J connectivity index is 1.39. The van der Waals surface area contributed by atoms with Crippen molar-refractivity contribution >= 4 is 34.0 Å². The number of para-hydroxylation sites is 1. The second-order valence-electron chi connectivity index (χ2n) is 7.70. The van der Waals surface area contributed by atoms with Crippen molar-refractivity contribution in [1.29, 1.82) is 0 Å². The average Bonchev–Trinajstić information content (AvgIpc) is 3.08. The van der Waals surface area contributed by atoms with Crippen molar-refractivity contribution in [2.75, 3.05) is 38.2 Å². The summed E-state index contributed by atoms with van der Waals surface area (Å²) in [5.41, 5.74) is 3.86. The van der Waals surface area contributed by atoms with Gasteiger partial charge in [-0.3, -0.25) is 4.90 Å². The Hall–Kier alpha value is -2.83. The molecule has 0 radical (unpaired) electrons. The Kier molecular flexibility index (Phi) is 4.97. The molecule has 154 valence electrons. The first-order chi connectivity index (χ1) is 14.6. The SMILES string of the molecule is COc1ccc(CN2CCN(c3nc4c(Cl)c(C)nn4c4ccccc34)CC2)cc1. The highest BCUT2D eigenvalue weighted by molar-refractivity contribution is 6.34. The van der Waals surface area contributed by atoms with E-state index in [4.69, 9.17) is 21.3 Å². The molecule has 0 bridgehead atoms. The van der Waals surface area contributed by atoms with Crippen molar-refractivity contribution < 1.29 is 4.74 Å². The Morgan fingerprint density at radius 1 is 1.00 bits per heavy atom. The lowest BCUT2D eigenvalue weighted by Crippen LogP contribution is -2.46. The molecule has 0 N–H and O–H groups in total. The molecule has 5 rings (SSSR count). The second kappa shape index (κ2) is 7.78. The van der Waals surface area contributed by atoms with Gasteiger partial charge in [0.2, 0.25) is 0 Å². The van der Waals surface area contributed by atoms with Gasteiger partial charge in [-0.25, -0.2) is 9.50 Å². The second-order valence-corrected chi connectivity index (χ2v) is 8.08. The summed E-state index contributed by atoms with van der Waals surface area (Å²) >= 11 is 6.51. The highest BCUT2D eigenvalue weighted by Crippen LogP contribution is 2.30. The zero-order valence-corrected chi connectivity index (χ0v) is 17.9. The predicted molar refractivity (Wildman–Crippen MR) is 121 cm³/mol. The molecular weight excluding hydrogens is 398 g/mol. The number of methoxy groups -OCH3 is 1. The maximum atomic E-state index is 6.51. The van der Waals surface area contributed by atoms with E-state index in [1.807, 2.05) is 29.6 Å². The third kappa shape index (κ3) is 3.36. The van der Waals surface area contributed by atoms with E-state index in [9.17, 15) is 0 Å². The van der Waals surface area contributed by atoms with Gasteiger partial charge in [0.15, 0.2) is 5.65 Å². The normalized spacial score (nSPS) is 15.2. The number of aryl methyl sites for hydroxylation is 1. The molecule has 1 saturated heterocycles. The smallest absolute Gasteiger partial charge is 0.176 e. The van der Waals surface area contributed by atoms with Crippen molar-refractivity contribution in [2.45, 2.75) is 13.5 Å². The quantitative estimate of drug-likeness (QED) is 0.494. The largest absolute Gasteiger partial charge is 0.497 e. The molecule has 1 aliphatic rings. The van der Waals surface area contributed by atoms with Crippen LogP contribution in [0.3, 0.4) is 0 Å². The molecule has 1 fully saturated rings. The number of rotatable bonds is 4. The van der Waals surface area contributed by atoms with E-state index < -0.39 is 0 Å². The molecule has 0 atom stereocenters. The summed E-state index contributed by atoms with van der Waals surface area (Å²) in [4.78, 5) is 9.79. The number of ether oxygens (including phenoxy) is 1. The number of hydrogen-bond acceptors (Lipinski definition) is 5. The molecule has 4 aromatic rings. The summed E-state index contributed by atoms with van der Waals surface area (Å²) in [6.07, 6.45) is 0. The standard InChI is InChI=1S/C23H24ClN5O/c1-16-21(24)23-25-22(19-5-3-4-6-20(19)29(23)26-16)28-13-11-27(12-14-28)15-17-7-9-18(30-2)10-8-17/h3-10H,11-15H2,1-2H3. The van der Waals surface area contributed by atoms with Crippen LogP contribution in [0, 0.1) is 6.92 Å². The molecule has 0 spiro atoms. The van der Waals surface area contributed by atoms with Gasteiger partial charge in [-0.15, -0.1) is 0 Å². The molecule has 7 heteroatoms. The van der Waals surface area contributed by atoms with Gasteiger partial charge in [0, 0.05) is 38.1 Å². The van der Waals surface area contributed by atoms with Crippen LogP contribution < -0.4 is 9.64 Å². The number of hydrogen-bond donors (Lipinski definition) is 0. The van der Waals surface area contributed by atoms with Gasteiger partial charge in [-0.05, 0) is 36.8 Å². The molecule has 1 aliphatic heterocycles. The van der Waals surface area contributed by atoms with Gasteiger partial charge in [0.1, 0.15) is 16.6 Å². The molecule has 6 nitrogen and oxygen atoms in total. The summed E-state index contributed by atoms with van der Waals surface area (Å²) in [6.45, 7) is 6.68. The summed E-state index contributed by atoms with van der Waals surface area (Å²) in [5.74, 6) is 1.88. The van der Waals surface area contributed by atoms with Gasteiger partial charge in [-0.1, -0.05) is 35.9 Å². The van der Waals surface area contributed by atoms with E-state index >= 15 is 0 Å². The van der Waals surface area contributed by atoms with Crippen molar-refractivity contribution in [1.82, 2.24) is 19.5 Å². The number of piperazine rings is 1. The van der Waals surface area contributed by atoms with E-state index in [0.29, 0.717) is 5.02 Å². The highest BCUT2D eigenvalue weighted by Gasteiger charge is 2.22. The summed E-state index contributed by atoms with van der Waals surface area (Å²) < 4.78 is 7.11. The van der Waals surface area contributed by atoms with Crippen LogP contribution in [0.1, 0.15) is 11.3 Å². The van der Waals surface area contributed by atoms with Gasteiger partial charge in [-0.2, -0.15) is 5.10 Å². The van der Waals surface area contributed by atoms with E-state index in [-0.39, 0.29) is 0 Å². The summed E-state index contributed by atoms with van der Waals surface area (Å²) in [5, 5.41) is 6.31. The molecule has 2 aromatic carbocycles. The minimum Gasteiger partial charge on any atom is -0.497 e. The highest BCUT2D eigenvalue weighted by atomic mass is 35.5. The first-order valence-corrected chi connectivity index (χ1v) is 10.6. The molecule has 3 heterocycles. The minimum atomic E-state index is 0.625. The van der Waals surface area contributed by atoms with Crippen LogP contribution in [-0.4, -0.2) is 52.8 Å². The zero-order valence-electron chi connectivity index (χ0n) is 17.2. The lowest BCUT2D eigenvalue weighted by Gasteiger charge is -2.36. The third-order valence-corrected chi connectivity index (χ3v) is 6.23. The van der Waals surface area contributed by atoms with E-state index in [1.165, 1.54) is 5.56 Å². The molecule has 0 amide bonds. The molecular formula is C23H24ClN5O. The number of benzene rings is 2. The lowest BCUT2D eigenvalue weighted by molar-refractivity contribution is 0.249. The van der Waals surface area contributed by atoms with Gasteiger partial charge >= 0.3 is 0 Å². The van der Waals surface area contributed by atoms with Crippen molar-refractivity contribution in [2.24, 2.45) is 0 Å². The van der Waals surface area contributed by atoms with Crippen molar-refractivity contribution in [3.8, 4) is 5.75 Å². The van der Waals surface area contributed by atoms with Gasteiger partial charge in [0.05, 0.1) is 18.3 Å². The molecule has 30 heavy (non-hydrogen) atoms. The molecule has 0 unspecified atom stereocenters. The predicted octanol–water partition coefficient (Wildman–Crippen LogP) is 4.18. The van der Waals surface area contributed by atoms with Crippen LogP contribution >= 0.6 is 11.6 Å². The summed E-state index contributed by atoms with van der Waals surface area (Å²) in [6, 6.07) is 16.6. The Morgan fingerprint density at radius 3 is 2.47 bits per heavy atom. The van der Waals surface area contributed by atoms with E-state index in [0.717, 1.165) is 66.5 Å². The zero-order chi connectivity index (χ0) is 20.7. The van der Waals surface area contributed by atoms with E-state index in [1.54, 1.807) is 7.11 Å². The van der Waals surface area contributed by atoms with Crippen LogP contribution in [0.2, 0.25) is 5.02 Å². The van der Waals surface area contributed by atoms with Crippen molar-refractivity contribution in [3.05, 3.63) is 64.8 Å². The van der Waals surface area contributed by atoms with Crippen LogP contribution in [0.25, 0.3) is 16.6 Å². The van der Waals surface area contributed by atoms with Crippen LogP contribution in [0.4, 0.5) is 5.82 Å². The molecule has 0 saturated carbocycles. The number of halogens is 1. The molecule has 0 aliphatic carbocycles. The fourth-order valence-electron chi connectivity index (χ4n) is 4.12. The Bertz CT molecular complexity index is 1200. The number of nitrogens with zero attached hydrogens (tertiary/aromatic N) is 5. The maximum Gasteiger partial charge on any atom is 0.176 e. The van der Waals surface area contributed by atoms with Gasteiger partial charge < -0.3 is 9.64 Å². The maximum absolute atomic E-state index is 6.51. The summed E-state index contributed by atoms with van der Waals surface area (Å²) in [7, 11) is 1.70. The number of fused-ring (bicyclic) bond motifs is 3. The third-order valence-electron chi connectivity index (χ3n) is 5.79. The Labute approximate surface area is 180 Å². The van der Waals surface area contributed by atoms with Crippen LogP contribution in [0.15, 0.2) is 48.5 Å². The fourth-order valence-corrected chi connectivity index (χ4v) is 4.28. The monoisotopic (exact) mass is 421 g/mol. The van der Waals surface area contributed by atoms with Gasteiger partial charge in [0.25, 0.3) is 0 Å². The number of aromatic nitrogens is 3. The molecule has 2 aromatic heterocycles. The Morgan fingerprint density at radius 2 is 1.73 bits per heavy atom. The lowest BCUT2D eigenvalue weighted by atomic mass is 10.1. The topological polar surface area (TPSA) is 45.9 Å².